The van der Waals surface area contributed by atoms with Gasteiger partial charge in [0.05, 0.1) is 20.3 Å². The molecule has 0 rings (SSSR count). The van der Waals surface area contributed by atoms with Crippen molar-refractivity contribution in [3.8, 4) is 0 Å². The summed E-state index contributed by atoms with van der Waals surface area (Å²) in [6.07, 6.45) is 1.28. The normalized spacial score (nSPS) is 10.7. The van der Waals surface area contributed by atoms with Gasteiger partial charge in [0.1, 0.15) is 5.76 Å². The first-order chi connectivity index (χ1) is 4.20. The Balaban J connectivity index is 3.79. The van der Waals surface area contributed by atoms with Gasteiger partial charge in [-0.2, -0.15) is 0 Å². The second-order valence-electron chi connectivity index (χ2n) is 1.36. The number of allylic oxidation sites excluding steroid dienone is 1. The summed E-state index contributed by atoms with van der Waals surface area (Å²) in [5.74, 6) is 0.149. The minimum absolute atomic E-state index is 0.207. The van der Waals surface area contributed by atoms with Crippen LogP contribution in [0.2, 0.25) is 0 Å². The van der Waals surface area contributed by atoms with Crippen molar-refractivity contribution in [2.24, 2.45) is 0 Å². The van der Waals surface area contributed by atoms with Gasteiger partial charge in [0.2, 0.25) is 0 Å². The van der Waals surface area contributed by atoms with Gasteiger partial charge in [-0.25, -0.2) is 0 Å². The fourth-order valence-electron chi connectivity index (χ4n) is 0.256. The Bertz CT molecular complexity index is 126. The maximum absolute atomic E-state index is 8.66. The molecule has 0 saturated carbocycles. The fraction of sp³-hybridized carbons (Fsp3) is 0.333. The third-order valence-corrected chi connectivity index (χ3v) is 0.756. The third kappa shape index (κ3) is 3.46. The van der Waals surface area contributed by atoms with Crippen molar-refractivity contribution in [2.75, 3.05) is 14.2 Å². The number of hydrogen-bond acceptors (Lipinski definition) is 3. The molecule has 0 aliphatic rings. The number of aliphatic hydroxyl groups is 1. The minimum Gasteiger partial charge on any atom is -0.497 e. The van der Waals surface area contributed by atoms with Crippen LogP contribution in [0.1, 0.15) is 0 Å². The molecule has 0 aliphatic carbocycles. The largest absolute Gasteiger partial charge is 0.497 e. The van der Waals surface area contributed by atoms with Crippen molar-refractivity contribution in [2.45, 2.75) is 0 Å². The third-order valence-electron chi connectivity index (χ3n) is 0.756. The number of rotatable bonds is 3. The van der Waals surface area contributed by atoms with Crippen LogP contribution in [0.5, 0.6) is 0 Å². The van der Waals surface area contributed by atoms with E-state index < -0.39 is 0 Å². The molecule has 1 N–H and O–H groups in total. The summed E-state index contributed by atoms with van der Waals surface area (Å²) in [6, 6.07) is 0. The van der Waals surface area contributed by atoms with Crippen LogP contribution in [0.15, 0.2) is 24.4 Å². The lowest BCUT2D eigenvalue weighted by atomic mass is 10.5. The average molecular weight is 130 g/mol. The van der Waals surface area contributed by atoms with Gasteiger partial charge in [-0.15, -0.1) is 0 Å². The highest BCUT2D eigenvalue weighted by Crippen LogP contribution is 1.97. The molecule has 0 aromatic heterocycles. The lowest BCUT2D eigenvalue weighted by Gasteiger charge is -1.97. The van der Waals surface area contributed by atoms with E-state index in [-0.39, 0.29) is 5.95 Å². The van der Waals surface area contributed by atoms with Crippen molar-refractivity contribution in [3.05, 3.63) is 24.4 Å². The van der Waals surface area contributed by atoms with E-state index >= 15 is 0 Å². The summed E-state index contributed by atoms with van der Waals surface area (Å²) in [4.78, 5) is 0. The quantitative estimate of drug-likeness (QED) is 0.460. The monoisotopic (exact) mass is 130 g/mol. The lowest BCUT2D eigenvalue weighted by molar-refractivity contribution is 0.133. The Morgan fingerprint density at radius 1 is 1.44 bits per heavy atom. The molecule has 0 spiro atoms. The molecule has 3 nitrogen and oxygen atoms in total. The second-order valence-corrected chi connectivity index (χ2v) is 1.36. The highest BCUT2D eigenvalue weighted by atomic mass is 16.6. The number of aliphatic hydroxyl groups excluding tert-OH is 1. The highest BCUT2D eigenvalue weighted by molar-refractivity contribution is 5.06. The first-order valence-electron chi connectivity index (χ1n) is 2.38. The molecule has 0 bridgehead atoms. The van der Waals surface area contributed by atoms with Crippen molar-refractivity contribution in [1.82, 2.24) is 0 Å². The van der Waals surface area contributed by atoms with E-state index in [9.17, 15) is 0 Å². The van der Waals surface area contributed by atoms with E-state index in [1.165, 1.54) is 20.3 Å². The van der Waals surface area contributed by atoms with Gasteiger partial charge in [-0.1, -0.05) is 6.58 Å². The molecule has 0 saturated heterocycles. The van der Waals surface area contributed by atoms with Crippen LogP contribution in [0.3, 0.4) is 0 Å². The summed E-state index contributed by atoms with van der Waals surface area (Å²) in [5.41, 5.74) is 0. The SMILES string of the molecule is C=C(/C=C(\O)OC)OC. The van der Waals surface area contributed by atoms with Crippen LogP contribution in [0, 0.1) is 0 Å². The van der Waals surface area contributed by atoms with Crippen molar-refractivity contribution in [3.63, 3.8) is 0 Å². The van der Waals surface area contributed by atoms with Gasteiger partial charge in [0.25, 0.3) is 5.95 Å². The Morgan fingerprint density at radius 2 is 2.00 bits per heavy atom. The van der Waals surface area contributed by atoms with Crippen LogP contribution in [-0.4, -0.2) is 19.3 Å². The standard InChI is InChI=1S/C6H10O3/c1-5(8-2)4-6(7)9-3/h4,7H,1H2,2-3H3/b6-4+. The van der Waals surface area contributed by atoms with Gasteiger partial charge in [-0.05, 0) is 0 Å². The van der Waals surface area contributed by atoms with Crippen LogP contribution in [0.25, 0.3) is 0 Å². The Kier molecular flexibility index (Phi) is 3.35. The van der Waals surface area contributed by atoms with E-state index in [2.05, 4.69) is 16.1 Å². The first kappa shape index (κ1) is 7.88. The average Bonchev–Trinajstić information content (AvgIpc) is 1.87. The predicted octanol–water partition coefficient (Wildman–Crippen LogP) is 1.19. The smallest absolute Gasteiger partial charge is 0.280 e. The van der Waals surface area contributed by atoms with Crippen LogP contribution in [0.4, 0.5) is 0 Å². The van der Waals surface area contributed by atoms with Gasteiger partial charge in [0.15, 0.2) is 0 Å². The van der Waals surface area contributed by atoms with E-state index in [4.69, 9.17) is 5.11 Å². The Hall–Kier alpha value is -1.12. The second kappa shape index (κ2) is 3.83. The Morgan fingerprint density at radius 3 is 2.33 bits per heavy atom. The summed E-state index contributed by atoms with van der Waals surface area (Å²) < 4.78 is 9.01. The minimum atomic E-state index is -0.207. The molecular weight excluding hydrogens is 120 g/mol. The van der Waals surface area contributed by atoms with Crippen LogP contribution in [-0.2, 0) is 9.47 Å². The molecule has 9 heavy (non-hydrogen) atoms. The summed E-state index contributed by atoms with van der Waals surface area (Å²) in [6.45, 7) is 3.42. The van der Waals surface area contributed by atoms with E-state index in [0.29, 0.717) is 5.76 Å². The molecule has 3 heteroatoms. The molecule has 0 fully saturated rings. The van der Waals surface area contributed by atoms with E-state index in [1.807, 2.05) is 0 Å². The highest BCUT2D eigenvalue weighted by Gasteiger charge is 1.89. The zero-order valence-corrected chi connectivity index (χ0v) is 5.55. The number of ether oxygens (including phenoxy) is 2. The van der Waals surface area contributed by atoms with Gasteiger partial charge in [0, 0.05) is 0 Å². The zero-order chi connectivity index (χ0) is 7.28. The molecule has 0 unspecified atom stereocenters. The predicted molar refractivity (Wildman–Crippen MR) is 33.9 cm³/mol. The van der Waals surface area contributed by atoms with Crippen molar-refractivity contribution < 1.29 is 14.6 Å². The molecule has 0 amide bonds. The molecular formula is C6H10O3. The molecule has 52 valence electrons. The molecule has 0 aromatic carbocycles. The molecule has 0 aliphatic heterocycles. The number of hydrogen-bond donors (Lipinski definition) is 1. The van der Waals surface area contributed by atoms with Gasteiger partial charge in [-0.3, -0.25) is 0 Å². The molecule has 0 heterocycles. The first-order valence-corrected chi connectivity index (χ1v) is 2.38. The van der Waals surface area contributed by atoms with Crippen molar-refractivity contribution >= 4 is 0 Å². The maximum atomic E-state index is 8.66. The maximum Gasteiger partial charge on any atom is 0.280 e. The van der Waals surface area contributed by atoms with Crippen molar-refractivity contribution in [1.29, 1.82) is 0 Å². The summed E-state index contributed by atoms with van der Waals surface area (Å²) in [5, 5.41) is 8.66. The summed E-state index contributed by atoms with van der Waals surface area (Å²) in [7, 11) is 2.82. The zero-order valence-electron chi connectivity index (χ0n) is 5.55. The van der Waals surface area contributed by atoms with Crippen LogP contribution >= 0.6 is 0 Å². The summed E-state index contributed by atoms with van der Waals surface area (Å²) >= 11 is 0. The molecule has 0 radical (unpaired) electrons. The van der Waals surface area contributed by atoms with E-state index in [1.54, 1.807) is 0 Å². The molecule has 0 atom stereocenters. The van der Waals surface area contributed by atoms with Gasteiger partial charge >= 0.3 is 0 Å². The molecule has 0 aromatic rings. The fourth-order valence-corrected chi connectivity index (χ4v) is 0.256. The topological polar surface area (TPSA) is 38.7 Å². The number of methoxy groups -OCH3 is 2. The Labute approximate surface area is 54.2 Å². The lowest BCUT2D eigenvalue weighted by Crippen LogP contribution is -1.86. The van der Waals surface area contributed by atoms with Crippen LogP contribution < -0.4 is 0 Å². The van der Waals surface area contributed by atoms with Gasteiger partial charge < -0.3 is 14.6 Å². The van der Waals surface area contributed by atoms with E-state index in [0.717, 1.165) is 0 Å².